The maximum atomic E-state index is 13.9. The van der Waals surface area contributed by atoms with Crippen LogP contribution in [0.4, 0.5) is 0 Å². The Morgan fingerprint density at radius 1 is 0.906 bits per heavy atom. The Labute approximate surface area is 198 Å². The van der Waals surface area contributed by atoms with E-state index in [1.54, 1.807) is 0 Å². The van der Waals surface area contributed by atoms with Gasteiger partial charge in [0.25, 0.3) is 0 Å². The molecule has 32 heavy (non-hydrogen) atoms. The molecule has 4 aliphatic rings. The third-order valence-corrected chi connectivity index (χ3v) is 10.5. The Kier molecular flexibility index (Phi) is 6.35. The lowest BCUT2D eigenvalue weighted by molar-refractivity contribution is -0.187. The lowest BCUT2D eigenvalue weighted by Crippen LogP contribution is -2.61. The smallest absolute Gasteiger partial charge is 0.312 e. The largest absolute Gasteiger partial charge is 0.462 e. The van der Waals surface area contributed by atoms with Crippen LogP contribution in [0, 0.1) is 40.4 Å². The summed E-state index contributed by atoms with van der Waals surface area (Å²) in [5.74, 6) is 3.99. The van der Waals surface area contributed by atoms with Crippen LogP contribution in [0.5, 0.6) is 0 Å². The maximum absolute atomic E-state index is 13.9. The summed E-state index contributed by atoms with van der Waals surface area (Å²) in [5.41, 5.74) is -0.000830. The number of nitrogens with one attached hydrogen (secondary N) is 1. The summed E-state index contributed by atoms with van der Waals surface area (Å²) in [6.45, 7) is 18.6. The summed E-state index contributed by atoms with van der Waals surface area (Å²) >= 11 is 0. The van der Waals surface area contributed by atoms with Gasteiger partial charge in [-0.15, -0.1) is 0 Å². The van der Waals surface area contributed by atoms with Crippen molar-refractivity contribution in [3.05, 3.63) is 0 Å². The Morgan fingerprint density at radius 3 is 2.19 bits per heavy atom. The molecule has 0 aromatic heterocycles. The summed E-state index contributed by atoms with van der Waals surface area (Å²) in [5, 5.41) is 3.73. The van der Waals surface area contributed by atoms with Crippen LogP contribution in [0.2, 0.25) is 0 Å². The molecule has 3 heteroatoms. The molecule has 6 atom stereocenters. The molecule has 1 aliphatic heterocycles. The van der Waals surface area contributed by atoms with E-state index in [9.17, 15) is 4.79 Å². The monoisotopic (exact) mass is 445 g/mol. The molecule has 4 rings (SSSR count). The summed E-state index contributed by atoms with van der Waals surface area (Å²) in [4.78, 5) is 13.9. The summed E-state index contributed by atoms with van der Waals surface area (Å²) in [6, 6.07) is 0. The van der Waals surface area contributed by atoms with Crippen molar-refractivity contribution in [2.75, 3.05) is 0 Å². The molecular weight excluding hydrogens is 394 g/mol. The van der Waals surface area contributed by atoms with Gasteiger partial charge in [0.15, 0.2) is 0 Å². The highest BCUT2D eigenvalue weighted by atomic mass is 16.5. The first kappa shape index (κ1) is 24.6. The van der Waals surface area contributed by atoms with Crippen LogP contribution in [0.15, 0.2) is 0 Å². The normalized spacial score (nSPS) is 43.9. The van der Waals surface area contributed by atoms with E-state index in [0.29, 0.717) is 11.3 Å². The van der Waals surface area contributed by atoms with Gasteiger partial charge in [0.2, 0.25) is 0 Å². The number of ether oxygens (including phenoxy) is 1. The number of piperidine rings is 1. The van der Waals surface area contributed by atoms with Crippen molar-refractivity contribution in [2.45, 2.75) is 137 Å². The van der Waals surface area contributed by atoms with Gasteiger partial charge in [0.1, 0.15) is 6.10 Å². The molecule has 0 radical (unpaired) electrons. The van der Waals surface area contributed by atoms with E-state index in [0.717, 1.165) is 42.9 Å². The Morgan fingerprint density at radius 2 is 1.56 bits per heavy atom. The maximum Gasteiger partial charge on any atom is 0.312 e. The van der Waals surface area contributed by atoms with Crippen LogP contribution in [0.25, 0.3) is 0 Å². The number of hydrogen-bond donors (Lipinski definition) is 1. The third kappa shape index (κ3) is 4.41. The van der Waals surface area contributed by atoms with Gasteiger partial charge in [-0.3, -0.25) is 4.79 Å². The molecule has 4 fully saturated rings. The van der Waals surface area contributed by atoms with Crippen LogP contribution in [0.1, 0.15) is 120 Å². The zero-order valence-corrected chi connectivity index (χ0v) is 22.4. The van der Waals surface area contributed by atoms with E-state index in [1.165, 1.54) is 44.9 Å². The number of rotatable bonds is 3. The number of esters is 1. The van der Waals surface area contributed by atoms with Gasteiger partial charge in [-0.2, -0.15) is 0 Å². The first-order valence-electron chi connectivity index (χ1n) is 13.8. The molecule has 0 spiro atoms. The standard InChI is InChI=1S/C29H51NO2/c1-19(2)20-10-12-23-21(16-20)11-13-24-28(23,7)14-9-15-29(24,8)25(31)32-22-17-26(3,4)30-27(5,6)18-22/h19-24,30H,9-18H2,1-8H3/t20?,21?,23-,24?,28-,29+/m1/s1. The van der Waals surface area contributed by atoms with Gasteiger partial charge in [-0.25, -0.2) is 0 Å². The van der Waals surface area contributed by atoms with Gasteiger partial charge in [0, 0.05) is 23.9 Å². The average molecular weight is 446 g/mol. The second-order valence-electron chi connectivity index (χ2n) is 14.4. The molecule has 3 nitrogen and oxygen atoms in total. The number of hydrogen-bond acceptors (Lipinski definition) is 3. The van der Waals surface area contributed by atoms with E-state index >= 15 is 0 Å². The molecule has 3 aliphatic carbocycles. The molecular formula is C29H51NO2. The molecule has 0 bridgehead atoms. The van der Waals surface area contributed by atoms with Gasteiger partial charge in [-0.05, 0) is 115 Å². The predicted molar refractivity (Wildman–Crippen MR) is 132 cm³/mol. The second kappa shape index (κ2) is 8.28. The topological polar surface area (TPSA) is 38.3 Å². The molecule has 0 aromatic rings. The van der Waals surface area contributed by atoms with Gasteiger partial charge < -0.3 is 10.1 Å². The van der Waals surface area contributed by atoms with Gasteiger partial charge in [-0.1, -0.05) is 27.2 Å². The predicted octanol–water partition coefficient (Wildman–Crippen LogP) is 7.13. The van der Waals surface area contributed by atoms with Crippen LogP contribution >= 0.6 is 0 Å². The van der Waals surface area contributed by atoms with E-state index < -0.39 is 0 Å². The van der Waals surface area contributed by atoms with E-state index in [4.69, 9.17) is 4.74 Å². The fourth-order valence-corrected chi connectivity index (χ4v) is 9.32. The minimum Gasteiger partial charge on any atom is -0.462 e. The van der Waals surface area contributed by atoms with Crippen molar-refractivity contribution in [2.24, 2.45) is 40.4 Å². The molecule has 0 aromatic carbocycles. The van der Waals surface area contributed by atoms with Gasteiger partial charge in [0.05, 0.1) is 5.41 Å². The van der Waals surface area contributed by atoms with Crippen molar-refractivity contribution in [1.29, 1.82) is 0 Å². The first-order chi connectivity index (χ1) is 14.8. The Hall–Kier alpha value is -0.570. The molecule has 1 N–H and O–H groups in total. The fraction of sp³-hybridized carbons (Fsp3) is 0.966. The zero-order chi connectivity index (χ0) is 23.5. The van der Waals surface area contributed by atoms with Crippen molar-refractivity contribution in [3.63, 3.8) is 0 Å². The van der Waals surface area contributed by atoms with Crippen molar-refractivity contribution in [3.8, 4) is 0 Å². The van der Waals surface area contributed by atoms with E-state index in [-0.39, 0.29) is 28.6 Å². The Bertz CT molecular complexity index is 696. The average Bonchev–Trinajstić information content (AvgIpc) is 2.64. The minimum atomic E-state index is -0.313. The quantitative estimate of drug-likeness (QED) is 0.469. The van der Waals surface area contributed by atoms with Crippen LogP contribution in [-0.4, -0.2) is 23.2 Å². The molecule has 3 unspecified atom stereocenters. The number of fused-ring (bicyclic) bond motifs is 3. The fourth-order valence-electron chi connectivity index (χ4n) is 9.32. The second-order valence-corrected chi connectivity index (χ2v) is 14.4. The van der Waals surface area contributed by atoms with Gasteiger partial charge >= 0.3 is 5.97 Å². The lowest BCUT2D eigenvalue weighted by atomic mass is 9.43. The van der Waals surface area contributed by atoms with Crippen LogP contribution in [0.3, 0.4) is 0 Å². The number of carbonyl (C=O) groups is 1. The molecule has 3 saturated carbocycles. The molecule has 184 valence electrons. The highest BCUT2D eigenvalue weighted by molar-refractivity contribution is 5.77. The Balaban J connectivity index is 1.51. The molecule has 1 saturated heterocycles. The highest BCUT2D eigenvalue weighted by Gasteiger charge is 2.60. The van der Waals surface area contributed by atoms with E-state index in [2.05, 4.69) is 60.7 Å². The third-order valence-electron chi connectivity index (χ3n) is 10.5. The minimum absolute atomic E-state index is 0.00178. The highest BCUT2D eigenvalue weighted by Crippen LogP contribution is 2.64. The van der Waals surface area contributed by atoms with Crippen molar-refractivity contribution < 1.29 is 9.53 Å². The van der Waals surface area contributed by atoms with Crippen LogP contribution in [-0.2, 0) is 9.53 Å². The van der Waals surface area contributed by atoms with Crippen molar-refractivity contribution in [1.82, 2.24) is 5.32 Å². The zero-order valence-electron chi connectivity index (χ0n) is 22.4. The van der Waals surface area contributed by atoms with Crippen LogP contribution < -0.4 is 5.32 Å². The first-order valence-corrected chi connectivity index (χ1v) is 13.8. The summed E-state index contributed by atoms with van der Waals surface area (Å²) < 4.78 is 6.40. The number of carbonyl (C=O) groups excluding carboxylic acids is 1. The summed E-state index contributed by atoms with van der Waals surface area (Å²) in [6.07, 6.45) is 12.1. The van der Waals surface area contributed by atoms with E-state index in [1.807, 2.05) is 0 Å². The SMILES string of the molecule is CC(C)C1CC[C@@H]2C(CCC3[C@]2(C)CCC[C@]3(C)C(=O)OC2CC(C)(C)NC(C)(C)C2)C1. The molecule has 1 heterocycles. The summed E-state index contributed by atoms with van der Waals surface area (Å²) in [7, 11) is 0. The lowest BCUT2D eigenvalue weighted by Gasteiger charge is -2.61. The van der Waals surface area contributed by atoms with Crippen molar-refractivity contribution >= 4 is 5.97 Å². The molecule has 0 amide bonds.